The monoisotopic (exact) mass is 318 g/mol. The van der Waals surface area contributed by atoms with E-state index in [-0.39, 0.29) is 5.78 Å². The van der Waals surface area contributed by atoms with Crippen molar-refractivity contribution in [2.24, 2.45) is 0 Å². The standard InChI is InChI=1S/C21H18O3/c1-23-18-10-11-19(21(14-18)24-2)20(22)12-8-15-7-9-16-5-3-4-6-17(16)13-15/h3-14H,1-2H3/b12-8+. The molecule has 0 aromatic heterocycles. The summed E-state index contributed by atoms with van der Waals surface area (Å²) >= 11 is 0. The van der Waals surface area contributed by atoms with Crippen molar-refractivity contribution in [3.8, 4) is 11.5 Å². The number of benzene rings is 3. The molecule has 0 aliphatic carbocycles. The molecule has 0 fully saturated rings. The molecule has 24 heavy (non-hydrogen) atoms. The van der Waals surface area contributed by atoms with Gasteiger partial charge in [0, 0.05) is 6.07 Å². The number of hydrogen-bond donors (Lipinski definition) is 0. The zero-order chi connectivity index (χ0) is 16.9. The second kappa shape index (κ2) is 7.01. The molecule has 0 saturated heterocycles. The van der Waals surface area contributed by atoms with Crippen LogP contribution in [-0.4, -0.2) is 20.0 Å². The van der Waals surface area contributed by atoms with E-state index in [9.17, 15) is 4.79 Å². The van der Waals surface area contributed by atoms with Crippen LogP contribution in [0.3, 0.4) is 0 Å². The molecule has 0 N–H and O–H groups in total. The van der Waals surface area contributed by atoms with E-state index in [1.807, 2.05) is 30.3 Å². The number of allylic oxidation sites excluding steroid dienone is 1. The molecule has 0 radical (unpaired) electrons. The minimum absolute atomic E-state index is 0.109. The van der Waals surface area contributed by atoms with Crippen LogP contribution >= 0.6 is 0 Å². The van der Waals surface area contributed by atoms with Crippen molar-refractivity contribution < 1.29 is 14.3 Å². The quantitative estimate of drug-likeness (QED) is 0.503. The van der Waals surface area contributed by atoms with Gasteiger partial charge in [-0.3, -0.25) is 4.79 Å². The molecule has 0 unspecified atom stereocenters. The largest absolute Gasteiger partial charge is 0.497 e. The number of methoxy groups -OCH3 is 2. The summed E-state index contributed by atoms with van der Waals surface area (Å²) in [6.45, 7) is 0. The maximum absolute atomic E-state index is 12.5. The van der Waals surface area contributed by atoms with E-state index in [0.717, 1.165) is 10.9 Å². The molecule has 3 rings (SSSR count). The van der Waals surface area contributed by atoms with E-state index >= 15 is 0 Å². The molecule has 0 aliphatic heterocycles. The Morgan fingerprint density at radius 1 is 0.875 bits per heavy atom. The predicted octanol–water partition coefficient (Wildman–Crippen LogP) is 4.75. The van der Waals surface area contributed by atoms with Gasteiger partial charge in [-0.1, -0.05) is 42.5 Å². The Bertz CT molecular complexity index is 910. The fraction of sp³-hybridized carbons (Fsp3) is 0.0952. The van der Waals surface area contributed by atoms with Gasteiger partial charge in [0.15, 0.2) is 5.78 Å². The Morgan fingerprint density at radius 3 is 2.42 bits per heavy atom. The molecule has 3 aromatic carbocycles. The number of hydrogen-bond acceptors (Lipinski definition) is 3. The average Bonchev–Trinajstić information content (AvgIpc) is 2.65. The lowest BCUT2D eigenvalue weighted by Crippen LogP contribution is -1.99. The highest BCUT2D eigenvalue weighted by atomic mass is 16.5. The smallest absolute Gasteiger partial charge is 0.189 e. The van der Waals surface area contributed by atoms with Gasteiger partial charge in [-0.15, -0.1) is 0 Å². The highest BCUT2D eigenvalue weighted by molar-refractivity contribution is 6.08. The highest BCUT2D eigenvalue weighted by Gasteiger charge is 2.10. The molecule has 0 aliphatic rings. The van der Waals surface area contributed by atoms with Gasteiger partial charge in [0.05, 0.1) is 19.8 Å². The molecule has 0 saturated carbocycles. The van der Waals surface area contributed by atoms with Crippen molar-refractivity contribution in [1.29, 1.82) is 0 Å². The Morgan fingerprint density at radius 2 is 1.67 bits per heavy atom. The topological polar surface area (TPSA) is 35.5 Å². The SMILES string of the molecule is COc1ccc(C(=O)/C=C/c2ccc3ccccc3c2)c(OC)c1. The van der Waals surface area contributed by atoms with Crippen molar-refractivity contribution >= 4 is 22.6 Å². The third kappa shape index (κ3) is 3.30. The van der Waals surface area contributed by atoms with Crippen LogP contribution in [0.4, 0.5) is 0 Å². The van der Waals surface area contributed by atoms with Crippen molar-refractivity contribution in [2.45, 2.75) is 0 Å². The van der Waals surface area contributed by atoms with Crippen LogP contribution < -0.4 is 9.47 Å². The normalized spacial score (nSPS) is 10.9. The van der Waals surface area contributed by atoms with Gasteiger partial charge in [0.25, 0.3) is 0 Å². The van der Waals surface area contributed by atoms with Gasteiger partial charge in [-0.05, 0) is 40.6 Å². The van der Waals surface area contributed by atoms with Crippen LogP contribution in [0.5, 0.6) is 11.5 Å². The minimum atomic E-state index is -0.109. The summed E-state index contributed by atoms with van der Waals surface area (Å²) in [6, 6.07) is 19.4. The van der Waals surface area contributed by atoms with E-state index in [1.165, 1.54) is 5.39 Å². The number of ketones is 1. The van der Waals surface area contributed by atoms with Gasteiger partial charge in [-0.2, -0.15) is 0 Å². The summed E-state index contributed by atoms with van der Waals surface area (Å²) in [5.74, 6) is 1.05. The van der Waals surface area contributed by atoms with Crippen LogP contribution in [0.1, 0.15) is 15.9 Å². The predicted molar refractivity (Wildman–Crippen MR) is 96.9 cm³/mol. The Hall–Kier alpha value is -3.07. The molecule has 0 amide bonds. The van der Waals surface area contributed by atoms with Crippen molar-refractivity contribution in [3.05, 3.63) is 77.9 Å². The lowest BCUT2D eigenvalue weighted by atomic mass is 10.0. The fourth-order valence-electron chi connectivity index (χ4n) is 2.58. The molecule has 3 nitrogen and oxygen atoms in total. The van der Waals surface area contributed by atoms with E-state index in [1.54, 1.807) is 38.5 Å². The Labute approximate surface area is 141 Å². The third-order valence-corrected chi connectivity index (χ3v) is 3.87. The van der Waals surface area contributed by atoms with Crippen LogP contribution in [0.25, 0.3) is 16.8 Å². The summed E-state index contributed by atoms with van der Waals surface area (Å²) < 4.78 is 10.4. The zero-order valence-corrected chi connectivity index (χ0v) is 13.7. The molecular formula is C21H18O3. The van der Waals surface area contributed by atoms with Gasteiger partial charge in [-0.25, -0.2) is 0 Å². The van der Waals surface area contributed by atoms with Crippen molar-refractivity contribution in [2.75, 3.05) is 14.2 Å². The summed E-state index contributed by atoms with van der Waals surface area (Å²) in [5.41, 5.74) is 1.49. The lowest BCUT2D eigenvalue weighted by Gasteiger charge is -2.08. The number of carbonyl (C=O) groups excluding carboxylic acids is 1. The first-order valence-corrected chi connectivity index (χ1v) is 7.64. The van der Waals surface area contributed by atoms with Gasteiger partial charge in [0.2, 0.25) is 0 Å². The Kier molecular flexibility index (Phi) is 4.62. The maximum Gasteiger partial charge on any atom is 0.189 e. The number of fused-ring (bicyclic) bond motifs is 1. The highest BCUT2D eigenvalue weighted by Crippen LogP contribution is 2.25. The third-order valence-electron chi connectivity index (χ3n) is 3.87. The first-order valence-electron chi connectivity index (χ1n) is 7.64. The van der Waals surface area contributed by atoms with E-state index in [0.29, 0.717) is 17.1 Å². The van der Waals surface area contributed by atoms with E-state index in [4.69, 9.17) is 9.47 Å². The van der Waals surface area contributed by atoms with E-state index < -0.39 is 0 Å². The molecule has 120 valence electrons. The number of ether oxygens (including phenoxy) is 2. The zero-order valence-electron chi connectivity index (χ0n) is 13.7. The molecule has 0 atom stereocenters. The van der Waals surface area contributed by atoms with Gasteiger partial charge < -0.3 is 9.47 Å². The average molecular weight is 318 g/mol. The first-order chi connectivity index (χ1) is 11.7. The van der Waals surface area contributed by atoms with Gasteiger partial charge >= 0.3 is 0 Å². The Balaban J connectivity index is 1.86. The van der Waals surface area contributed by atoms with Crippen LogP contribution in [-0.2, 0) is 0 Å². The van der Waals surface area contributed by atoms with Crippen molar-refractivity contribution in [3.63, 3.8) is 0 Å². The minimum Gasteiger partial charge on any atom is -0.497 e. The second-order valence-electron chi connectivity index (χ2n) is 5.37. The van der Waals surface area contributed by atoms with Crippen LogP contribution in [0, 0.1) is 0 Å². The number of carbonyl (C=O) groups is 1. The molecule has 3 heteroatoms. The maximum atomic E-state index is 12.5. The molecule has 0 bridgehead atoms. The second-order valence-corrected chi connectivity index (χ2v) is 5.37. The fourth-order valence-corrected chi connectivity index (χ4v) is 2.58. The van der Waals surface area contributed by atoms with Crippen LogP contribution in [0.15, 0.2) is 66.7 Å². The molecule has 0 spiro atoms. The van der Waals surface area contributed by atoms with Crippen molar-refractivity contribution in [1.82, 2.24) is 0 Å². The summed E-state index contributed by atoms with van der Waals surface area (Å²) in [7, 11) is 3.12. The van der Waals surface area contributed by atoms with Gasteiger partial charge in [0.1, 0.15) is 11.5 Å². The summed E-state index contributed by atoms with van der Waals surface area (Å²) in [4.78, 5) is 12.5. The van der Waals surface area contributed by atoms with E-state index in [2.05, 4.69) is 18.2 Å². The molecular weight excluding hydrogens is 300 g/mol. The molecule has 3 aromatic rings. The lowest BCUT2D eigenvalue weighted by molar-refractivity contribution is 0.104. The summed E-state index contributed by atoms with van der Waals surface area (Å²) in [6.07, 6.45) is 3.38. The number of rotatable bonds is 5. The van der Waals surface area contributed by atoms with Crippen LogP contribution in [0.2, 0.25) is 0 Å². The molecule has 0 heterocycles. The first kappa shape index (κ1) is 15.8. The summed E-state index contributed by atoms with van der Waals surface area (Å²) in [5, 5.41) is 2.33.